The second kappa shape index (κ2) is 6.86. The van der Waals surface area contributed by atoms with Crippen LogP contribution >= 0.6 is 0 Å². The number of aryl methyl sites for hydroxylation is 1. The first-order chi connectivity index (χ1) is 8.63. The molecule has 0 aliphatic carbocycles. The van der Waals surface area contributed by atoms with Crippen LogP contribution in [0.2, 0.25) is 0 Å². The summed E-state index contributed by atoms with van der Waals surface area (Å²) < 4.78 is 0. The maximum atomic E-state index is 9.13. The van der Waals surface area contributed by atoms with Crippen LogP contribution in [-0.4, -0.2) is 35.8 Å². The Morgan fingerprint density at radius 1 is 1.39 bits per heavy atom. The largest absolute Gasteiger partial charge is 0.409 e. The predicted molar refractivity (Wildman–Crippen MR) is 73.3 cm³/mol. The molecular formula is C13H21N3O2. The highest BCUT2D eigenvalue weighted by Gasteiger charge is 2.13. The maximum Gasteiger partial charge on any atom is 0.172 e. The molecule has 18 heavy (non-hydrogen) atoms. The van der Waals surface area contributed by atoms with Gasteiger partial charge in [0.25, 0.3) is 0 Å². The van der Waals surface area contributed by atoms with Crippen LogP contribution in [-0.2, 0) is 0 Å². The summed E-state index contributed by atoms with van der Waals surface area (Å²) in [5, 5.41) is 21.0. The van der Waals surface area contributed by atoms with Gasteiger partial charge < -0.3 is 20.9 Å². The van der Waals surface area contributed by atoms with Crippen LogP contribution in [0.25, 0.3) is 0 Å². The minimum atomic E-state index is 0.0730. The number of nitrogens with zero attached hydrogens (tertiary/aromatic N) is 2. The normalized spacial score (nSPS) is 11.6. The Bertz CT molecular complexity index is 413. The molecule has 1 rings (SSSR count). The lowest BCUT2D eigenvalue weighted by Crippen LogP contribution is -2.30. The zero-order chi connectivity index (χ0) is 13.5. The lowest BCUT2D eigenvalue weighted by atomic mass is 10.1. The fraction of sp³-hybridized carbons (Fsp3) is 0.462. The molecule has 0 radical (unpaired) electrons. The van der Waals surface area contributed by atoms with E-state index in [0.29, 0.717) is 12.1 Å². The fourth-order valence-corrected chi connectivity index (χ4v) is 1.92. The molecule has 0 heterocycles. The van der Waals surface area contributed by atoms with Crippen molar-refractivity contribution in [3.05, 3.63) is 29.3 Å². The van der Waals surface area contributed by atoms with E-state index in [1.807, 2.05) is 30.0 Å². The van der Waals surface area contributed by atoms with Crippen molar-refractivity contribution in [2.24, 2.45) is 10.9 Å². The zero-order valence-corrected chi connectivity index (χ0v) is 10.9. The van der Waals surface area contributed by atoms with Gasteiger partial charge in [-0.25, -0.2) is 0 Å². The van der Waals surface area contributed by atoms with Gasteiger partial charge in [0.15, 0.2) is 5.84 Å². The molecule has 0 bridgehead atoms. The number of hydrogen-bond donors (Lipinski definition) is 3. The lowest BCUT2D eigenvalue weighted by Gasteiger charge is -2.26. The monoisotopic (exact) mass is 251 g/mol. The number of oxime groups is 1. The van der Waals surface area contributed by atoms with Gasteiger partial charge in [0.1, 0.15) is 0 Å². The highest BCUT2D eigenvalue weighted by atomic mass is 16.4. The first-order valence-electron chi connectivity index (χ1n) is 6.08. The van der Waals surface area contributed by atoms with Crippen LogP contribution in [0.4, 0.5) is 5.69 Å². The topological polar surface area (TPSA) is 82.1 Å². The first kappa shape index (κ1) is 14.3. The summed E-state index contributed by atoms with van der Waals surface area (Å²) in [5.41, 5.74) is 8.36. The summed E-state index contributed by atoms with van der Waals surface area (Å²) in [6.07, 6.45) is 0.962. The Labute approximate surface area is 108 Å². The van der Waals surface area contributed by atoms with E-state index in [9.17, 15) is 0 Å². The molecule has 0 aromatic heterocycles. The minimum Gasteiger partial charge on any atom is -0.409 e. The lowest BCUT2D eigenvalue weighted by molar-refractivity contribution is 0.302. The van der Waals surface area contributed by atoms with Crippen LogP contribution in [0.15, 0.2) is 23.4 Å². The average Bonchev–Trinajstić information content (AvgIpc) is 2.37. The maximum absolute atomic E-state index is 9.13. The molecule has 0 amide bonds. The third kappa shape index (κ3) is 3.37. The summed E-state index contributed by atoms with van der Waals surface area (Å²) in [7, 11) is 0. The summed E-state index contributed by atoms with van der Waals surface area (Å²) in [5.74, 6) is 0.0871. The van der Waals surface area contributed by atoms with Gasteiger partial charge in [0.05, 0.1) is 6.61 Å². The van der Waals surface area contributed by atoms with E-state index >= 15 is 0 Å². The Hall–Kier alpha value is -1.75. The number of amidine groups is 1. The Morgan fingerprint density at radius 3 is 2.67 bits per heavy atom. The highest BCUT2D eigenvalue weighted by molar-refractivity contribution is 6.02. The van der Waals surface area contributed by atoms with E-state index < -0.39 is 0 Å². The quantitative estimate of drug-likeness (QED) is 0.308. The summed E-state index contributed by atoms with van der Waals surface area (Å²) >= 11 is 0. The molecular weight excluding hydrogens is 230 g/mol. The molecule has 0 saturated carbocycles. The number of rotatable bonds is 6. The van der Waals surface area contributed by atoms with Gasteiger partial charge in [0, 0.05) is 24.3 Å². The van der Waals surface area contributed by atoms with Gasteiger partial charge in [-0.3, -0.25) is 0 Å². The van der Waals surface area contributed by atoms with Crippen LogP contribution in [0.3, 0.4) is 0 Å². The summed E-state index contributed by atoms with van der Waals surface area (Å²) in [6.45, 7) is 5.48. The standard InChI is InChI=1S/C13H21N3O2/c1-3-6-16(7-8-17)12-9-10(2)4-5-11(12)13(14)15-18/h4-5,9,17-18H,3,6-8H2,1-2H3,(H2,14,15). The second-order valence-electron chi connectivity index (χ2n) is 4.22. The Kier molecular flexibility index (Phi) is 5.45. The van der Waals surface area contributed by atoms with Gasteiger partial charge in [-0.1, -0.05) is 18.1 Å². The third-order valence-corrected chi connectivity index (χ3v) is 2.74. The van der Waals surface area contributed by atoms with E-state index in [2.05, 4.69) is 12.1 Å². The molecule has 0 fully saturated rings. The first-order valence-corrected chi connectivity index (χ1v) is 6.08. The SMILES string of the molecule is CCCN(CCO)c1cc(C)ccc1C(N)=NO. The summed E-state index contributed by atoms with van der Waals surface area (Å²) in [4.78, 5) is 2.04. The van der Waals surface area contributed by atoms with Crippen molar-refractivity contribution < 1.29 is 10.3 Å². The smallest absolute Gasteiger partial charge is 0.172 e. The second-order valence-corrected chi connectivity index (χ2v) is 4.22. The number of nitrogens with two attached hydrogens (primary N) is 1. The van der Waals surface area contributed by atoms with E-state index in [1.165, 1.54) is 0 Å². The molecule has 0 saturated heterocycles. The minimum absolute atomic E-state index is 0.0730. The molecule has 0 aliphatic rings. The number of aliphatic hydroxyl groups excluding tert-OH is 1. The third-order valence-electron chi connectivity index (χ3n) is 2.74. The molecule has 0 unspecified atom stereocenters. The van der Waals surface area contributed by atoms with Crippen LogP contribution in [0.1, 0.15) is 24.5 Å². The van der Waals surface area contributed by atoms with E-state index in [1.54, 1.807) is 0 Å². The average molecular weight is 251 g/mol. The van der Waals surface area contributed by atoms with E-state index in [-0.39, 0.29) is 12.4 Å². The van der Waals surface area contributed by atoms with E-state index in [4.69, 9.17) is 16.0 Å². The number of anilines is 1. The molecule has 4 N–H and O–H groups in total. The predicted octanol–water partition coefficient (Wildman–Crippen LogP) is 1.30. The van der Waals surface area contributed by atoms with Crippen LogP contribution < -0.4 is 10.6 Å². The number of benzene rings is 1. The van der Waals surface area contributed by atoms with Crippen molar-refractivity contribution in [3.63, 3.8) is 0 Å². The number of hydrogen-bond acceptors (Lipinski definition) is 4. The van der Waals surface area contributed by atoms with Gasteiger partial charge in [-0.05, 0) is 31.0 Å². The van der Waals surface area contributed by atoms with Gasteiger partial charge in [0.2, 0.25) is 0 Å². The van der Waals surface area contributed by atoms with Crippen molar-refractivity contribution in [3.8, 4) is 0 Å². The number of aliphatic hydroxyl groups is 1. The van der Waals surface area contributed by atoms with E-state index in [0.717, 1.165) is 24.2 Å². The molecule has 5 heteroatoms. The molecule has 5 nitrogen and oxygen atoms in total. The molecule has 0 atom stereocenters. The molecule has 1 aromatic rings. The molecule has 100 valence electrons. The van der Waals surface area contributed by atoms with Crippen molar-refractivity contribution >= 4 is 11.5 Å². The van der Waals surface area contributed by atoms with Crippen molar-refractivity contribution in [1.29, 1.82) is 0 Å². The highest BCUT2D eigenvalue weighted by Crippen LogP contribution is 2.22. The molecule has 0 spiro atoms. The fourth-order valence-electron chi connectivity index (χ4n) is 1.92. The Balaban J connectivity index is 3.20. The van der Waals surface area contributed by atoms with Crippen molar-refractivity contribution in [2.45, 2.75) is 20.3 Å². The van der Waals surface area contributed by atoms with Crippen LogP contribution in [0, 0.1) is 6.92 Å². The zero-order valence-electron chi connectivity index (χ0n) is 10.9. The van der Waals surface area contributed by atoms with Crippen LogP contribution in [0.5, 0.6) is 0 Å². The van der Waals surface area contributed by atoms with Crippen molar-refractivity contribution in [2.75, 3.05) is 24.6 Å². The van der Waals surface area contributed by atoms with Crippen molar-refractivity contribution in [1.82, 2.24) is 0 Å². The molecule has 0 aliphatic heterocycles. The summed E-state index contributed by atoms with van der Waals surface area (Å²) in [6, 6.07) is 5.73. The molecule has 1 aromatic carbocycles. The Morgan fingerprint density at radius 2 is 2.11 bits per heavy atom. The van der Waals surface area contributed by atoms with Gasteiger partial charge in [-0.15, -0.1) is 0 Å². The van der Waals surface area contributed by atoms with Gasteiger partial charge >= 0.3 is 0 Å². The van der Waals surface area contributed by atoms with Gasteiger partial charge in [-0.2, -0.15) is 0 Å².